The molecule has 9 nitrogen and oxygen atoms in total. The van der Waals surface area contributed by atoms with Crippen LogP contribution >= 0.6 is 0 Å². The Morgan fingerprint density at radius 1 is 0.971 bits per heavy atom. The largest absolute Gasteiger partial charge is 0.477 e. The number of carbonyl (C=O) groups excluding carboxylic acids is 2. The number of benzene rings is 2. The summed E-state index contributed by atoms with van der Waals surface area (Å²) in [7, 11) is 0. The molecule has 2 unspecified atom stereocenters. The number of aromatic nitrogens is 1. The molecule has 1 aromatic heterocycles. The van der Waals surface area contributed by atoms with E-state index in [9.17, 15) is 14.4 Å². The first-order chi connectivity index (χ1) is 17.0. The molecule has 2 aliphatic rings. The lowest BCUT2D eigenvalue weighted by molar-refractivity contribution is -0.120. The molecule has 9 heteroatoms. The number of amides is 2. The summed E-state index contributed by atoms with van der Waals surface area (Å²) in [6.07, 6.45) is 0.651. The first kappa shape index (κ1) is 22.5. The fraction of sp³-hybridized carbons (Fsp3) is 0.231. The molecule has 3 aromatic rings. The molecule has 2 heterocycles. The molecule has 1 saturated heterocycles. The first-order valence-electron chi connectivity index (χ1n) is 11.2. The van der Waals surface area contributed by atoms with Gasteiger partial charge in [-0.2, -0.15) is 0 Å². The molecule has 0 bridgehead atoms. The SMILES string of the molecule is O=C(NC1COCC1C(=O)Nc1ccc(C(=O)O)nc1)OCC1c2ccccc2-c2ccccc21. The minimum absolute atomic E-state index is 0.0617. The van der Waals surface area contributed by atoms with Crippen molar-refractivity contribution in [2.45, 2.75) is 12.0 Å². The monoisotopic (exact) mass is 473 g/mol. The highest BCUT2D eigenvalue weighted by molar-refractivity contribution is 5.94. The van der Waals surface area contributed by atoms with Crippen LogP contribution in [0.3, 0.4) is 0 Å². The summed E-state index contributed by atoms with van der Waals surface area (Å²) < 4.78 is 11.0. The van der Waals surface area contributed by atoms with Gasteiger partial charge < -0.3 is 25.2 Å². The smallest absolute Gasteiger partial charge is 0.407 e. The number of nitrogens with zero attached hydrogens (tertiary/aromatic N) is 1. The Morgan fingerprint density at radius 3 is 2.29 bits per heavy atom. The van der Waals surface area contributed by atoms with E-state index in [2.05, 4.69) is 27.8 Å². The van der Waals surface area contributed by atoms with E-state index in [-0.39, 0.29) is 37.3 Å². The second-order valence-corrected chi connectivity index (χ2v) is 8.45. The fourth-order valence-electron chi connectivity index (χ4n) is 4.58. The van der Waals surface area contributed by atoms with Crippen molar-refractivity contribution in [2.24, 2.45) is 5.92 Å². The van der Waals surface area contributed by atoms with Gasteiger partial charge in [-0.3, -0.25) is 4.79 Å². The van der Waals surface area contributed by atoms with Crippen LogP contribution in [0, 0.1) is 5.92 Å². The summed E-state index contributed by atoms with van der Waals surface area (Å²) in [5.41, 5.74) is 4.75. The number of hydrogen-bond donors (Lipinski definition) is 3. The van der Waals surface area contributed by atoms with Crippen molar-refractivity contribution < 1.29 is 29.0 Å². The predicted molar refractivity (Wildman–Crippen MR) is 126 cm³/mol. The highest BCUT2D eigenvalue weighted by atomic mass is 16.5. The Labute approximate surface area is 201 Å². The number of aromatic carboxylic acids is 1. The number of carboxylic acid groups (broad SMARTS) is 1. The summed E-state index contributed by atoms with van der Waals surface area (Å²) in [6.45, 7) is 0.491. The number of nitrogens with one attached hydrogen (secondary N) is 2. The van der Waals surface area contributed by atoms with Gasteiger partial charge in [0, 0.05) is 5.92 Å². The maximum atomic E-state index is 12.7. The zero-order valence-corrected chi connectivity index (χ0v) is 18.6. The van der Waals surface area contributed by atoms with E-state index < -0.39 is 24.0 Å². The quantitative estimate of drug-likeness (QED) is 0.501. The van der Waals surface area contributed by atoms with E-state index in [0.29, 0.717) is 5.69 Å². The Kier molecular flexibility index (Phi) is 6.15. The summed E-state index contributed by atoms with van der Waals surface area (Å²) >= 11 is 0. The number of fused-ring (bicyclic) bond motifs is 3. The second kappa shape index (κ2) is 9.55. The standard InChI is InChI=1S/C26H23N3O6/c30-24(28-15-9-10-22(25(31)32)27-11-15)21-12-34-14-23(21)29-26(33)35-13-20-18-7-3-1-5-16(18)17-6-2-4-8-19(17)20/h1-11,20-21,23H,12-14H2,(H,28,30)(H,29,33)(H,31,32). The third-order valence-electron chi connectivity index (χ3n) is 6.31. The molecule has 178 valence electrons. The zero-order valence-electron chi connectivity index (χ0n) is 18.6. The molecule has 1 fully saturated rings. The van der Waals surface area contributed by atoms with Crippen LogP contribution in [-0.4, -0.2) is 53.9 Å². The Bertz CT molecular complexity index is 1230. The summed E-state index contributed by atoms with van der Waals surface area (Å²) in [4.78, 5) is 40.1. The summed E-state index contributed by atoms with van der Waals surface area (Å²) in [5.74, 6) is -2.21. The van der Waals surface area contributed by atoms with Crippen LogP contribution in [0.15, 0.2) is 66.9 Å². The lowest BCUT2D eigenvalue weighted by Gasteiger charge is -2.20. The van der Waals surface area contributed by atoms with Crippen LogP contribution in [-0.2, 0) is 14.3 Å². The average molecular weight is 473 g/mol. The number of alkyl carbamates (subject to hydrolysis) is 1. The molecule has 1 aliphatic carbocycles. The van der Waals surface area contributed by atoms with E-state index in [1.54, 1.807) is 0 Å². The zero-order chi connectivity index (χ0) is 24.4. The van der Waals surface area contributed by atoms with Gasteiger partial charge in [-0.1, -0.05) is 48.5 Å². The van der Waals surface area contributed by atoms with Gasteiger partial charge in [0.2, 0.25) is 5.91 Å². The van der Waals surface area contributed by atoms with Gasteiger partial charge >= 0.3 is 12.1 Å². The molecule has 5 rings (SSSR count). The normalized spacial score (nSPS) is 18.4. The van der Waals surface area contributed by atoms with E-state index in [1.807, 2.05) is 36.4 Å². The number of carboxylic acids is 1. The lowest BCUT2D eigenvalue weighted by atomic mass is 9.98. The molecule has 2 amide bonds. The van der Waals surface area contributed by atoms with E-state index in [4.69, 9.17) is 14.6 Å². The Morgan fingerprint density at radius 2 is 1.66 bits per heavy atom. The van der Waals surface area contributed by atoms with Crippen LogP contribution in [0.25, 0.3) is 11.1 Å². The average Bonchev–Trinajstić information content (AvgIpc) is 3.45. The third kappa shape index (κ3) is 4.58. The minimum Gasteiger partial charge on any atom is -0.477 e. The first-order valence-corrected chi connectivity index (χ1v) is 11.2. The number of carbonyl (C=O) groups is 3. The molecule has 2 aromatic carbocycles. The van der Waals surface area contributed by atoms with Crippen LogP contribution in [0.2, 0.25) is 0 Å². The molecule has 0 saturated carbocycles. The molecular weight excluding hydrogens is 450 g/mol. The molecule has 2 atom stereocenters. The van der Waals surface area contributed by atoms with Gasteiger partial charge in [0.15, 0.2) is 0 Å². The maximum absolute atomic E-state index is 12.7. The van der Waals surface area contributed by atoms with E-state index >= 15 is 0 Å². The van der Waals surface area contributed by atoms with Crippen LogP contribution in [0.1, 0.15) is 27.5 Å². The fourth-order valence-corrected chi connectivity index (χ4v) is 4.58. The van der Waals surface area contributed by atoms with Gasteiger partial charge in [-0.15, -0.1) is 0 Å². The second-order valence-electron chi connectivity index (χ2n) is 8.45. The maximum Gasteiger partial charge on any atom is 0.407 e. The number of anilines is 1. The van der Waals surface area contributed by atoms with Crippen LogP contribution < -0.4 is 10.6 Å². The summed E-state index contributed by atoms with van der Waals surface area (Å²) in [5, 5.41) is 14.4. The molecule has 3 N–H and O–H groups in total. The Hall–Kier alpha value is -4.24. The van der Waals surface area contributed by atoms with Gasteiger partial charge in [-0.25, -0.2) is 14.6 Å². The number of pyridine rings is 1. The number of rotatable bonds is 6. The van der Waals surface area contributed by atoms with Crippen molar-refractivity contribution in [3.8, 4) is 11.1 Å². The molecule has 0 spiro atoms. The number of hydrogen-bond acceptors (Lipinski definition) is 6. The minimum atomic E-state index is -1.15. The molecule has 0 radical (unpaired) electrons. The van der Waals surface area contributed by atoms with Gasteiger partial charge in [0.25, 0.3) is 0 Å². The van der Waals surface area contributed by atoms with Crippen molar-refractivity contribution in [1.29, 1.82) is 0 Å². The molecular formula is C26H23N3O6. The Balaban J connectivity index is 1.19. The van der Waals surface area contributed by atoms with Crippen LogP contribution in [0.5, 0.6) is 0 Å². The van der Waals surface area contributed by atoms with Crippen molar-refractivity contribution >= 4 is 23.7 Å². The van der Waals surface area contributed by atoms with Crippen molar-refractivity contribution in [1.82, 2.24) is 10.3 Å². The molecule has 35 heavy (non-hydrogen) atoms. The number of ether oxygens (including phenoxy) is 2. The van der Waals surface area contributed by atoms with Crippen LogP contribution in [0.4, 0.5) is 10.5 Å². The van der Waals surface area contributed by atoms with Gasteiger partial charge in [-0.05, 0) is 34.4 Å². The van der Waals surface area contributed by atoms with Gasteiger partial charge in [0.05, 0.1) is 37.1 Å². The molecule has 1 aliphatic heterocycles. The van der Waals surface area contributed by atoms with E-state index in [0.717, 1.165) is 22.3 Å². The van der Waals surface area contributed by atoms with Crippen molar-refractivity contribution in [3.05, 3.63) is 83.7 Å². The summed E-state index contributed by atoms with van der Waals surface area (Å²) in [6, 6.07) is 18.4. The van der Waals surface area contributed by atoms with Gasteiger partial charge in [0.1, 0.15) is 12.3 Å². The third-order valence-corrected chi connectivity index (χ3v) is 6.31. The highest BCUT2D eigenvalue weighted by Crippen LogP contribution is 2.44. The topological polar surface area (TPSA) is 127 Å². The predicted octanol–water partition coefficient (Wildman–Crippen LogP) is 3.27. The lowest BCUT2D eigenvalue weighted by Crippen LogP contribution is -2.44. The van der Waals surface area contributed by atoms with Crippen molar-refractivity contribution in [2.75, 3.05) is 25.1 Å². The highest BCUT2D eigenvalue weighted by Gasteiger charge is 2.36. The van der Waals surface area contributed by atoms with Crippen molar-refractivity contribution in [3.63, 3.8) is 0 Å². The van der Waals surface area contributed by atoms with E-state index in [1.165, 1.54) is 18.3 Å².